The van der Waals surface area contributed by atoms with Gasteiger partial charge in [-0.15, -0.1) is 0 Å². The monoisotopic (exact) mass is 250 g/mol. The minimum absolute atomic E-state index is 0.0578. The lowest BCUT2D eigenvalue weighted by atomic mass is 9.89. The summed E-state index contributed by atoms with van der Waals surface area (Å²) in [7, 11) is 1.75. The Morgan fingerprint density at radius 2 is 2.00 bits per heavy atom. The van der Waals surface area contributed by atoms with E-state index in [1.165, 1.54) is 13.8 Å². The van der Waals surface area contributed by atoms with Crippen molar-refractivity contribution in [3.05, 3.63) is 18.0 Å². The Hall–Kier alpha value is -2.18. The molecule has 0 spiro atoms. The normalized spacial score (nSPS) is 19.1. The summed E-state index contributed by atoms with van der Waals surface area (Å²) in [5.74, 6) is -1.09. The summed E-state index contributed by atoms with van der Waals surface area (Å²) in [4.78, 5) is 36.3. The zero-order chi connectivity index (χ0) is 13.5. The van der Waals surface area contributed by atoms with Crippen molar-refractivity contribution in [3.63, 3.8) is 0 Å². The van der Waals surface area contributed by atoms with Gasteiger partial charge in [-0.25, -0.2) is 4.79 Å². The summed E-state index contributed by atoms with van der Waals surface area (Å²) in [6, 6.07) is 1.01. The van der Waals surface area contributed by atoms with Crippen molar-refractivity contribution in [1.29, 1.82) is 0 Å². The van der Waals surface area contributed by atoms with E-state index in [9.17, 15) is 14.4 Å². The molecule has 1 aromatic rings. The molecule has 2 heterocycles. The number of nitrogens with one attached hydrogen (secondary N) is 1. The number of urea groups is 1. The Balaban J connectivity index is 2.24. The third-order valence-corrected chi connectivity index (χ3v) is 2.90. The fraction of sp³-hybridized carbons (Fsp3) is 0.455. The van der Waals surface area contributed by atoms with E-state index in [0.717, 1.165) is 4.90 Å². The van der Waals surface area contributed by atoms with Crippen LogP contribution < -0.4 is 5.32 Å². The highest BCUT2D eigenvalue weighted by Crippen LogP contribution is 2.24. The second-order valence-corrected chi connectivity index (χ2v) is 4.76. The van der Waals surface area contributed by atoms with Gasteiger partial charge in [0.15, 0.2) is 0 Å². The van der Waals surface area contributed by atoms with E-state index in [1.54, 1.807) is 24.0 Å². The highest BCUT2D eigenvalue weighted by atomic mass is 16.2. The molecule has 0 aromatic carbocycles. The molecule has 0 radical (unpaired) electrons. The van der Waals surface area contributed by atoms with Crippen molar-refractivity contribution in [1.82, 2.24) is 20.0 Å². The van der Waals surface area contributed by atoms with Gasteiger partial charge in [0, 0.05) is 13.2 Å². The van der Waals surface area contributed by atoms with E-state index in [1.807, 2.05) is 0 Å². The van der Waals surface area contributed by atoms with Crippen molar-refractivity contribution in [2.75, 3.05) is 0 Å². The van der Waals surface area contributed by atoms with Crippen LogP contribution in [0.15, 0.2) is 12.3 Å². The van der Waals surface area contributed by atoms with Crippen LogP contribution in [-0.2, 0) is 23.2 Å². The van der Waals surface area contributed by atoms with Gasteiger partial charge < -0.3 is 0 Å². The topological polar surface area (TPSA) is 84.3 Å². The zero-order valence-corrected chi connectivity index (χ0v) is 10.4. The van der Waals surface area contributed by atoms with Gasteiger partial charge in [-0.05, 0) is 19.9 Å². The number of imide groups is 2. The van der Waals surface area contributed by atoms with Gasteiger partial charge in [-0.3, -0.25) is 24.5 Å². The molecule has 1 N–H and O–H groups in total. The van der Waals surface area contributed by atoms with Gasteiger partial charge in [0.05, 0.1) is 12.2 Å². The van der Waals surface area contributed by atoms with Crippen LogP contribution >= 0.6 is 0 Å². The second kappa shape index (κ2) is 3.94. The quantitative estimate of drug-likeness (QED) is 0.750. The van der Waals surface area contributed by atoms with Gasteiger partial charge in [0.1, 0.15) is 5.41 Å². The molecule has 18 heavy (non-hydrogen) atoms. The van der Waals surface area contributed by atoms with E-state index >= 15 is 0 Å². The molecule has 0 saturated carbocycles. The fourth-order valence-corrected chi connectivity index (χ4v) is 1.70. The van der Waals surface area contributed by atoms with E-state index < -0.39 is 23.3 Å². The minimum Gasteiger partial charge on any atom is -0.277 e. The molecule has 7 heteroatoms. The first kappa shape index (κ1) is 12.3. The predicted octanol–water partition coefficient (Wildman–Crippen LogP) is 0.0247. The van der Waals surface area contributed by atoms with Gasteiger partial charge in [0.2, 0.25) is 11.8 Å². The lowest BCUT2D eigenvalue weighted by Crippen LogP contribution is -2.61. The Bertz CT molecular complexity index is 532. The number of aromatic nitrogens is 2. The number of hydrogen-bond donors (Lipinski definition) is 1. The van der Waals surface area contributed by atoms with Crippen molar-refractivity contribution in [3.8, 4) is 0 Å². The summed E-state index contributed by atoms with van der Waals surface area (Å²) in [5.41, 5.74) is -0.644. The number of rotatable bonds is 2. The van der Waals surface area contributed by atoms with Crippen LogP contribution in [0.1, 0.15) is 19.5 Å². The van der Waals surface area contributed by atoms with Crippen LogP contribution in [0.2, 0.25) is 0 Å². The number of aryl methyl sites for hydroxylation is 1. The van der Waals surface area contributed by atoms with Crippen molar-refractivity contribution >= 4 is 17.8 Å². The van der Waals surface area contributed by atoms with E-state index in [0.29, 0.717) is 5.69 Å². The molecule has 96 valence electrons. The smallest absolute Gasteiger partial charge is 0.277 e. The van der Waals surface area contributed by atoms with E-state index in [4.69, 9.17) is 0 Å². The van der Waals surface area contributed by atoms with Gasteiger partial charge in [-0.1, -0.05) is 0 Å². The van der Waals surface area contributed by atoms with E-state index in [-0.39, 0.29) is 6.54 Å². The average molecular weight is 250 g/mol. The van der Waals surface area contributed by atoms with Crippen LogP contribution in [0.25, 0.3) is 0 Å². The number of carbonyl (C=O) groups is 3. The third kappa shape index (κ3) is 1.87. The number of hydrogen-bond acceptors (Lipinski definition) is 4. The van der Waals surface area contributed by atoms with E-state index in [2.05, 4.69) is 10.4 Å². The molecule has 0 atom stereocenters. The summed E-state index contributed by atoms with van der Waals surface area (Å²) in [6.07, 6.45) is 1.72. The average Bonchev–Trinajstić information content (AvgIpc) is 2.68. The molecular formula is C11H14N4O3. The first-order valence-corrected chi connectivity index (χ1v) is 5.48. The lowest BCUT2D eigenvalue weighted by molar-refractivity contribution is -0.149. The number of nitrogens with zero attached hydrogens (tertiary/aromatic N) is 3. The second-order valence-electron chi connectivity index (χ2n) is 4.76. The SMILES string of the molecule is Cn1ccc(CN2C(=O)NC(=O)C(C)(C)C2=O)n1. The van der Waals surface area contributed by atoms with Crippen molar-refractivity contribution < 1.29 is 14.4 Å². The van der Waals surface area contributed by atoms with Crippen LogP contribution in [0.4, 0.5) is 4.79 Å². The van der Waals surface area contributed by atoms with Crippen LogP contribution in [0, 0.1) is 5.41 Å². The highest BCUT2D eigenvalue weighted by molar-refractivity contribution is 6.18. The maximum atomic E-state index is 12.1. The molecule has 1 saturated heterocycles. The first-order chi connectivity index (χ1) is 8.32. The highest BCUT2D eigenvalue weighted by Gasteiger charge is 2.46. The molecule has 1 aromatic heterocycles. The summed E-state index contributed by atoms with van der Waals surface area (Å²) >= 11 is 0. The number of carbonyl (C=O) groups excluding carboxylic acids is 3. The molecule has 7 nitrogen and oxygen atoms in total. The molecule has 2 rings (SSSR count). The largest absolute Gasteiger partial charge is 0.331 e. The first-order valence-electron chi connectivity index (χ1n) is 5.48. The summed E-state index contributed by atoms with van der Waals surface area (Å²) in [6.45, 7) is 3.03. The number of barbiturate groups is 1. The van der Waals surface area contributed by atoms with Gasteiger partial charge in [0.25, 0.3) is 0 Å². The Morgan fingerprint density at radius 3 is 2.56 bits per heavy atom. The Labute approximate surface area is 104 Å². The standard InChI is InChI=1S/C11H14N4O3/c1-11(2)8(16)12-10(18)15(9(11)17)6-7-4-5-14(3)13-7/h4-5H,6H2,1-3H3,(H,12,16,18). The molecule has 4 amide bonds. The van der Waals surface area contributed by atoms with Crippen LogP contribution in [-0.4, -0.2) is 32.5 Å². The molecule has 0 bridgehead atoms. The van der Waals surface area contributed by atoms with Gasteiger partial charge in [-0.2, -0.15) is 5.10 Å². The summed E-state index contributed by atoms with van der Waals surface area (Å²) < 4.78 is 1.58. The minimum atomic E-state index is -1.23. The summed E-state index contributed by atoms with van der Waals surface area (Å²) in [5, 5.41) is 6.27. The third-order valence-electron chi connectivity index (χ3n) is 2.90. The maximum Gasteiger partial charge on any atom is 0.331 e. The molecule has 0 unspecified atom stereocenters. The van der Waals surface area contributed by atoms with Crippen molar-refractivity contribution in [2.24, 2.45) is 12.5 Å². The van der Waals surface area contributed by atoms with Crippen LogP contribution in [0.3, 0.4) is 0 Å². The maximum absolute atomic E-state index is 12.1. The fourth-order valence-electron chi connectivity index (χ4n) is 1.70. The zero-order valence-electron chi connectivity index (χ0n) is 10.4. The molecular weight excluding hydrogens is 236 g/mol. The molecule has 1 aliphatic rings. The molecule has 1 aliphatic heterocycles. The van der Waals surface area contributed by atoms with Crippen LogP contribution in [0.5, 0.6) is 0 Å². The van der Waals surface area contributed by atoms with Gasteiger partial charge >= 0.3 is 6.03 Å². The van der Waals surface area contributed by atoms with Crippen molar-refractivity contribution in [2.45, 2.75) is 20.4 Å². The number of amides is 4. The predicted molar refractivity (Wildman–Crippen MR) is 61.1 cm³/mol. The Morgan fingerprint density at radius 1 is 1.33 bits per heavy atom. The molecule has 1 fully saturated rings. The molecule has 0 aliphatic carbocycles. The lowest BCUT2D eigenvalue weighted by Gasteiger charge is -2.34. The Kier molecular flexibility index (Phi) is 2.68.